The number of aryl methyl sites for hydroxylation is 1. The summed E-state index contributed by atoms with van der Waals surface area (Å²) in [7, 11) is -1.21. The fourth-order valence-corrected chi connectivity index (χ4v) is 5.67. The molecule has 3 heterocycles. The largest absolute Gasteiger partial charge is 0.373 e. The number of piperidine rings is 1. The van der Waals surface area contributed by atoms with Gasteiger partial charge in [-0.25, -0.2) is 13.2 Å². The van der Waals surface area contributed by atoms with Crippen LogP contribution in [0.3, 0.4) is 0 Å². The molecule has 0 aromatic carbocycles. The normalized spacial score (nSPS) is 26.4. The van der Waals surface area contributed by atoms with E-state index in [-0.39, 0.29) is 17.1 Å². The van der Waals surface area contributed by atoms with Gasteiger partial charge < -0.3 is 9.30 Å². The van der Waals surface area contributed by atoms with Crippen LogP contribution >= 0.6 is 0 Å². The summed E-state index contributed by atoms with van der Waals surface area (Å²) in [6, 6.07) is 0.313. The highest BCUT2D eigenvalue weighted by atomic mass is 32.2. The predicted molar refractivity (Wildman–Crippen MR) is 100 cm³/mol. The zero-order valence-corrected chi connectivity index (χ0v) is 17.1. The van der Waals surface area contributed by atoms with Gasteiger partial charge in [-0.05, 0) is 26.7 Å². The van der Waals surface area contributed by atoms with Crippen molar-refractivity contribution in [1.82, 2.24) is 18.3 Å². The van der Waals surface area contributed by atoms with Crippen LogP contribution in [0.4, 0.5) is 0 Å². The Bertz CT molecular complexity index is 904. The summed E-state index contributed by atoms with van der Waals surface area (Å²) in [5.74, 6) is 0. The van der Waals surface area contributed by atoms with Gasteiger partial charge in [-0.2, -0.15) is 4.31 Å². The fraction of sp³-hybridized carbons (Fsp3) is 0.765. The van der Waals surface area contributed by atoms with E-state index >= 15 is 0 Å². The van der Waals surface area contributed by atoms with Gasteiger partial charge in [0.1, 0.15) is 0 Å². The van der Waals surface area contributed by atoms with Gasteiger partial charge in [-0.15, -0.1) is 0 Å². The summed E-state index contributed by atoms with van der Waals surface area (Å²) in [5, 5.41) is 0. The topological polar surface area (TPSA) is 93.9 Å². The number of hydrogen-bond acceptors (Lipinski definition) is 6. The lowest BCUT2D eigenvalue weighted by atomic mass is 10.0. The van der Waals surface area contributed by atoms with E-state index in [4.69, 9.17) is 4.74 Å². The van der Waals surface area contributed by atoms with Gasteiger partial charge in [-0.1, -0.05) is 0 Å². The van der Waals surface area contributed by atoms with Crippen molar-refractivity contribution in [1.29, 1.82) is 0 Å². The zero-order chi connectivity index (χ0) is 19.9. The summed E-state index contributed by atoms with van der Waals surface area (Å²) in [5.41, 5.74) is -1.33. The maximum atomic E-state index is 13.0. The molecule has 0 radical (unpaired) electrons. The van der Waals surface area contributed by atoms with Crippen molar-refractivity contribution in [2.24, 2.45) is 14.1 Å². The maximum Gasteiger partial charge on any atom is 0.330 e. The Labute approximate surface area is 159 Å². The highest BCUT2D eigenvalue weighted by Gasteiger charge is 2.35. The molecule has 3 rings (SSSR count). The van der Waals surface area contributed by atoms with Crippen molar-refractivity contribution in [3.05, 3.63) is 27.0 Å². The number of rotatable bonds is 3. The van der Waals surface area contributed by atoms with Gasteiger partial charge in [-0.3, -0.25) is 14.3 Å². The molecule has 2 aliphatic heterocycles. The van der Waals surface area contributed by atoms with Crippen LogP contribution in [0.15, 0.2) is 20.7 Å². The molecule has 0 amide bonds. The summed E-state index contributed by atoms with van der Waals surface area (Å²) >= 11 is 0. The van der Waals surface area contributed by atoms with Crippen molar-refractivity contribution in [2.75, 3.05) is 26.2 Å². The minimum Gasteiger partial charge on any atom is -0.373 e. The molecular formula is C17H28N4O5S. The third-order valence-corrected chi connectivity index (χ3v) is 7.30. The van der Waals surface area contributed by atoms with E-state index in [1.54, 1.807) is 0 Å². The number of aromatic nitrogens is 2. The number of nitrogens with zero attached hydrogens (tertiary/aromatic N) is 4. The molecule has 10 heteroatoms. The quantitative estimate of drug-likeness (QED) is 0.669. The first-order valence-electron chi connectivity index (χ1n) is 9.27. The average molecular weight is 401 g/mol. The van der Waals surface area contributed by atoms with Gasteiger partial charge in [0, 0.05) is 52.5 Å². The van der Waals surface area contributed by atoms with E-state index in [1.807, 2.05) is 0 Å². The molecule has 0 unspecified atom stereocenters. The van der Waals surface area contributed by atoms with Crippen LogP contribution in [0.1, 0.15) is 26.7 Å². The van der Waals surface area contributed by atoms with Crippen LogP contribution in [-0.4, -0.2) is 71.2 Å². The summed E-state index contributed by atoms with van der Waals surface area (Å²) in [4.78, 5) is 26.2. The highest BCUT2D eigenvalue weighted by Crippen LogP contribution is 2.24. The number of sulfonamides is 1. The fourth-order valence-electron chi connectivity index (χ4n) is 4.05. The third-order valence-electron chi connectivity index (χ3n) is 5.42. The Morgan fingerprint density at radius 1 is 1.04 bits per heavy atom. The molecule has 0 N–H and O–H groups in total. The molecule has 2 saturated heterocycles. The molecule has 0 aliphatic carbocycles. The molecule has 0 saturated carbocycles. The second kappa shape index (κ2) is 7.50. The van der Waals surface area contributed by atoms with Crippen molar-refractivity contribution in [3.63, 3.8) is 0 Å². The predicted octanol–water partition coefficient (Wildman–Crippen LogP) is -0.654. The van der Waals surface area contributed by atoms with Crippen LogP contribution in [0.25, 0.3) is 0 Å². The lowest BCUT2D eigenvalue weighted by Crippen LogP contribution is -2.54. The summed E-state index contributed by atoms with van der Waals surface area (Å²) in [6.45, 7) is 6.53. The van der Waals surface area contributed by atoms with Crippen LogP contribution in [0.5, 0.6) is 0 Å². The molecule has 2 aliphatic rings. The van der Waals surface area contributed by atoms with Gasteiger partial charge in [0.2, 0.25) is 10.0 Å². The first kappa shape index (κ1) is 20.2. The van der Waals surface area contributed by atoms with Crippen LogP contribution in [-0.2, 0) is 28.9 Å². The van der Waals surface area contributed by atoms with Crippen LogP contribution in [0, 0.1) is 0 Å². The average Bonchev–Trinajstić information content (AvgIpc) is 2.62. The van der Waals surface area contributed by atoms with E-state index in [1.165, 1.54) is 18.4 Å². The lowest BCUT2D eigenvalue weighted by Gasteiger charge is -2.43. The Morgan fingerprint density at radius 2 is 1.59 bits per heavy atom. The van der Waals surface area contributed by atoms with Gasteiger partial charge >= 0.3 is 5.69 Å². The number of ether oxygens (including phenoxy) is 1. The van der Waals surface area contributed by atoms with E-state index in [2.05, 4.69) is 18.7 Å². The standard InChI is InChI=1S/C17H28N4O5S/c1-12-9-20(10-13(2)26-12)14-5-7-21(8-6-14)27(24,25)15-11-18(3)17(23)19(4)16(15)22/h11-14H,5-10H2,1-4H3/t12-,13-/m1/s1. The molecule has 9 nitrogen and oxygen atoms in total. The van der Waals surface area contributed by atoms with Crippen LogP contribution < -0.4 is 11.2 Å². The minimum atomic E-state index is -3.93. The molecule has 0 bridgehead atoms. The molecule has 0 spiro atoms. The van der Waals surface area contributed by atoms with Crippen LogP contribution in [0.2, 0.25) is 0 Å². The third kappa shape index (κ3) is 3.89. The molecule has 1 aromatic rings. The first-order valence-corrected chi connectivity index (χ1v) is 10.7. The maximum absolute atomic E-state index is 13.0. The van der Waals surface area contributed by atoms with E-state index in [0.717, 1.165) is 28.4 Å². The Kier molecular flexibility index (Phi) is 5.62. The summed E-state index contributed by atoms with van der Waals surface area (Å²) < 4.78 is 35.0. The molecule has 2 fully saturated rings. The SMILES string of the molecule is C[C@@H]1CN(C2CCN(S(=O)(=O)c3cn(C)c(=O)n(C)c3=O)CC2)C[C@@H](C)O1. The zero-order valence-electron chi connectivity index (χ0n) is 16.3. The highest BCUT2D eigenvalue weighted by molar-refractivity contribution is 7.89. The number of morpholine rings is 1. The molecule has 152 valence electrons. The first-order chi connectivity index (χ1) is 12.6. The van der Waals surface area contributed by atoms with Gasteiger partial charge in [0.05, 0.1) is 12.2 Å². The van der Waals surface area contributed by atoms with E-state index < -0.39 is 21.3 Å². The number of hydrogen-bond donors (Lipinski definition) is 0. The van der Waals surface area contributed by atoms with Crippen molar-refractivity contribution < 1.29 is 13.2 Å². The molecule has 2 atom stereocenters. The molecule has 27 heavy (non-hydrogen) atoms. The van der Waals surface area contributed by atoms with Crippen molar-refractivity contribution >= 4 is 10.0 Å². The minimum absolute atomic E-state index is 0.170. The smallest absolute Gasteiger partial charge is 0.330 e. The lowest BCUT2D eigenvalue weighted by molar-refractivity contribution is -0.0847. The summed E-state index contributed by atoms with van der Waals surface area (Å²) in [6.07, 6.45) is 2.89. The van der Waals surface area contributed by atoms with E-state index in [0.29, 0.717) is 32.0 Å². The monoisotopic (exact) mass is 400 g/mol. The van der Waals surface area contributed by atoms with Crippen molar-refractivity contribution in [3.8, 4) is 0 Å². The second-order valence-electron chi connectivity index (χ2n) is 7.60. The van der Waals surface area contributed by atoms with Gasteiger partial charge in [0.15, 0.2) is 4.90 Å². The van der Waals surface area contributed by atoms with Gasteiger partial charge in [0.25, 0.3) is 5.56 Å². The molecule has 1 aromatic heterocycles. The Balaban J connectivity index is 1.76. The Morgan fingerprint density at radius 3 is 2.15 bits per heavy atom. The van der Waals surface area contributed by atoms with Crippen molar-refractivity contribution in [2.45, 2.75) is 49.8 Å². The molecular weight excluding hydrogens is 372 g/mol. The van der Waals surface area contributed by atoms with E-state index in [9.17, 15) is 18.0 Å². The Hall–Kier alpha value is -1.49. The second-order valence-corrected chi connectivity index (χ2v) is 9.50.